The van der Waals surface area contributed by atoms with Gasteiger partial charge in [0.1, 0.15) is 5.75 Å². The SMILES string of the molecule is CC(C)N1c2ccc(/C=N\NC(=O)c3cc(Br)cc(Br)c3O)cc2[C@@H](C)CC1(C)C. The maximum absolute atomic E-state index is 12.4. The molecule has 2 aromatic carbocycles. The van der Waals surface area contributed by atoms with Crippen molar-refractivity contribution >= 4 is 49.7 Å². The first-order valence-corrected chi connectivity index (χ1v) is 11.5. The molecule has 1 heterocycles. The van der Waals surface area contributed by atoms with Crippen LogP contribution in [0.3, 0.4) is 0 Å². The molecule has 2 N–H and O–H groups in total. The van der Waals surface area contributed by atoms with Crippen LogP contribution in [-0.4, -0.2) is 28.8 Å². The number of nitrogens with zero attached hydrogens (tertiary/aromatic N) is 2. The molecule has 30 heavy (non-hydrogen) atoms. The van der Waals surface area contributed by atoms with E-state index in [0.29, 0.717) is 20.9 Å². The third-order valence-electron chi connectivity index (χ3n) is 5.47. The highest BCUT2D eigenvalue weighted by Gasteiger charge is 2.37. The fraction of sp³-hybridized carbons (Fsp3) is 0.391. The summed E-state index contributed by atoms with van der Waals surface area (Å²) in [4.78, 5) is 14.9. The fourth-order valence-electron chi connectivity index (χ4n) is 4.49. The van der Waals surface area contributed by atoms with Crippen LogP contribution >= 0.6 is 31.9 Å². The van der Waals surface area contributed by atoms with E-state index in [9.17, 15) is 9.90 Å². The molecule has 0 aromatic heterocycles. The van der Waals surface area contributed by atoms with E-state index < -0.39 is 5.91 Å². The van der Waals surface area contributed by atoms with Crippen molar-refractivity contribution in [2.75, 3.05) is 4.90 Å². The average molecular weight is 537 g/mol. The minimum Gasteiger partial charge on any atom is -0.506 e. The van der Waals surface area contributed by atoms with Crippen LogP contribution < -0.4 is 10.3 Å². The summed E-state index contributed by atoms with van der Waals surface area (Å²) in [5.41, 5.74) is 6.22. The van der Waals surface area contributed by atoms with Gasteiger partial charge in [-0.2, -0.15) is 5.10 Å². The van der Waals surface area contributed by atoms with Gasteiger partial charge in [-0.25, -0.2) is 5.43 Å². The number of carbonyl (C=O) groups is 1. The van der Waals surface area contributed by atoms with Crippen LogP contribution in [0.25, 0.3) is 0 Å². The maximum atomic E-state index is 12.4. The molecule has 3 rings (SSSR count). The second kappa shape index (κ2) is 8.71. The predicted octanol–water partition coefficient (Wildman–Crippen LogP) is 6.18. The molecule has 0 spiro atoms. The zero-order valence-corrected chi connectivity index (χ0v) is 21.0. The van der Waals surface area contributed by atoms with Gasteiger partial charge in [-0.1, -0.05) is 28.9 Å². The smallest absolute Gasteiger partial charge is 0.275 e. The molecule has 0 radical (unpaired) electrons. The molecule has 1 amide bonds. The zero-order valence-electron chi connectivity index (χ0n) is 17.8. The highest BCUT2D eigenvalue weighted by Crippen LogP contribution is 2.44. The van der Waals surface area contributed by atoms with Crippen LogP contribution in [0.2, 0.25) is 0 Å². The van der Waals surface area contributed by atoms with E-state index in [4.69, 9.17) is 0 Å². The van der Waals surface area contributed by atoms with E-state index in [-0.39, 0.29) is 16.9 Å². The Balaban J connectivity index is 1.81. The number of hydrazone groups is 1. The van der Waals surface area contributed by atoms with Crippen LogP contribution in [-0.2, 0) is 0 Å². The molecule has 1 aliphatic rings. The molecule has 0 saturated carbocycles. The first-order valence-electron chi connectivity index (χ1n) is 9.96. The Kier molecular flexibility index (Phi) is 6.63. The second-order valence-electron chi connectivity index (χ2n) is 8.68. The molecule has 7 heteroatoms. The zero-order chi connectivity index (χ0) is 22.2. The number of benzene rings is 2. The first kappa shape index (κ1) is 22.8. The van der Waals surface area contributed by atoms with Crippen molar-refractivity contribution < 1.29 is 9.90 Å². The molecule has 0 saturated heterocycles. The molecule has 160 valence electrons. The topological polar surface area (TPSA) is 64.9 Å². The van der Waals surface area contributed by atoms with Gasteiger partial charge in [0.2, 0.25) is 0 Å². The summed E-state index contributed by atoms with van der Waals surface area (Å²) in [6.45, 7) is 11.3. The third-order valence-corrected chi connectivity index (χ3v) is 6.53. The Hall–Kier alpha value is -1.86. The summed E-state index contributed by atoms with van der Waals surface area (Å²) < 4.78 is 1.12. The Bertz CT molecular complexity index is 1000. The molecule has 5 nitrogen and oxygen atoms in total. The summed E-state index contributed by atoms with van der Waals surface area (Å²) in [7, 11) is 0. The fourth-order valence-corrected chi connectivity index (χ4v) is 5.72. The van der Waals surface area contributed by atoms with E-state index in [2.05, 4.69) is 94.0 Å². The van der Waals surface area contributed by atoms with Gasteiger partial charge >= 0.3 is 0 Å². The van der Waals surface area contributed by atoms with Gasteiger partial charge in [0.15, 0.2) is 0 Å². The molecule has 0 unspecified atom stereocenters. The minimum absolute atomic E-state index is 0.102. The predicted molar refractivity (Wildman–Crippen MR) is 130 cm³/mol. The van der Waals surface area contributed by atoms with E-state index in [1.807, 2.05) is 6.07 Å². The first-order chi connectivity index (χ1) is 14.0. The van der Waals surface area contributed by atoms with Crippen LogP contribution in [0.5, 0.6) is 5.75 Å². The summed E-state index contributed by atoms with van der Waals surface area (Å²) in [5, 5.41) is 14.2. The Morgan fingerprint density at radius 3 is 2.67 bits per heavy atom. The van der Waals surface area contributed by atoms with Crippen molar-refractivity contribution in [1.82, 2.24) is 5.43 Å². The monoisotopic (exact) mass is 535 g/mol. The van der Waals surface area contributed by atoms with E-state index >= 15 is 0 Å². The molecule has 1 atom stereocenters. The minimum atomic E-state index is -0.482. The number of phenolic OH excluding ortho intramolecular Hbond substituents is 1. The normalized spacial score (nSPS) is 18.0. The Morgan fingerprint density at radius 1 is 1.30 bits per heavy atom. The summed E-state index contributed by atoms with van der Waals surface area (Å²) in [6.07, 6.45) is 2.71. The van der Waals surface area contributed by atoms with Crippen molar-refractivity contribution in [3.8, 4) is 5.75 Å². The second-order valence-corrected chi connectivity index (χ2v) is 10.5. The number of nitrogens with one attached hydrogen (secondary N) is 1. The van der Waals surface area contributed by atoms with E-state index in [1.54, 1.807) is 18.3 Å². The number of rotatable bonds is 4. The number of phenols is 1. The molecule has 1 aliphatic heterocycles. The van der Waals surface area contributed by atoms with Crippen LogP contribution in [0.1, 0.15) is 68.4 Å². The van der Waals surface area contributed by atoms with Crippen LogP contribution in [0.4, 0.5) is 5.69 Å². The lowest BCUT2D eigenvalue weighted by Gasteiger charge is -2.50. The number of fused-ring (bicyclic) bond motifs is 1. The number of anilines is 1. The third kappa shape index (κ3) is 4.57. The maximum Gasteiger partial charge on any atom is 0.275 e. The Morgan fingerprint density at radius 2 is 2.00 bits per heavy atom. The Labute approximate surface area is 194 Å². The van der Waals surface area contributed by atoms with Crippen molar-refractivity contribution in [2.24, 2.45) is 5.10 Å². The molecule has 2 aromatic rings. The van der Waals surface area contributed by atoms with E-state index in [0.717, 1.165) is 12.0 Å². The van der Waals surface area contributed by atoms with Crippen molar-refractivity contribution in [3.63, 3.8) is 0 Å². The van der Waals surface area contributed by atoms with Gasteiger partial charge in [0, 0.05) is 21.7 Å². The van der Waals surface area contributed by atoms with Gasteiger partial charge in [-0.3, -0.25) is 4.79 Å². The molecule has 0 fully saturated rings. The van der Waals surface area contributed by atoms with Gasteiger partial charge in [-0.05, 0) is 91.4 Å². The summed E-state index contributed by atoms with van der Waals surface area (Å²) in [5.74, 6) is -0.168. The van der Waals surface area contributed by atoms with Crippen molar-refractivity contribution in [3.05, 3.63) is 56.0 Å². The number of carbonyl (C=O) groups excluding carboxylic acids is 1. The largest absolute Gasteiger partial charge is 0.506 e. The van der Waals surface area contributed by atoms with E-state index in [1.165, 1.54) is 11.3 Å². The quantitative estimate of drug-likeness (QED) is 0.362. The van der Waals surface area contributed by atoms with Crippen molar-refractivity contribution in [2.45, 2.75) is 58.5 Å². The molecule has 0 bridgehead atoms. The number of amides is 1. The lowest BCUT2D eigenvalue weighted by Crippen LogP contribution is -2.51. The van der Waals surface area contributed by atoms with Gasteiger partial charge in [0.05, 0.1) is 16.3 Å². The van der Waals surface area contributed by atoms with Gasteiger partial charge < -0.3 is 10.0 Å². The van der Waals surface area contributed by atoms with Crippen LogP contribution in [0.15, 0.2) is 44.4 Å². The lowest BCUT2D eigenvalue weighted by molar-refractivity contribution is 0.0952. The summed E-state index contributed by atoms with van der Waals surface area (Å²) >= 11 is 6.55. The number of aromatic hydroxyl groups is 1. The summed E-state index contributed by atoms with van der Waals surface area (Å²) in [6, 6.07) is 9.94. The van der Waals surface area contributed by atoms with Gasteiger partial charge in [-0.15, -0.1) is 0 Å². The standard InChI is InChI=1S/C23H27Br2N3O2/c1-13(2)28-20-7-6-15(8-17(20)14(3)11-23(28,4)5)12-26-27-22(30)18-9-16(24)10-19(25)21(18)29/h6-10,12-14,29H,11H2,1-5H3,(H,27,30)/b26-12-/t14-/m0/s1. The number of halogens is 2. The van der Waals surface area contributed by atoms with Crippen molar-refractivity contribution in [1.29, 1.82) is 0 Å². The lowest BCUT2D eigenvalue weighted by atomic mass is 9.79. The highest BCUT2D eigenvalue weighted by molar-refractivity contribution is 9.11. The molecular weight excluding hydrogens is 510 g/mol. The highest BCUT2D eigenvalue weighted by atomic mass is 79.9. The molecule has 0 aliphatic carbocycles. The average Bonchev–Trinajstić information content (AvgIpc) is 2.63. The van der Waals surface area contributed by atoms with Gasteiger partial charge in [0.25, 0.3) is 5.91 Å². The molecular formula is C23H27Br2N3O2. The van der Waals surface area contributed by atoms with Crippen LogP contribution in [0, 0.1) is 0 Å². The number of hydrogen-bond donors (Lipinski definition) is 2. The number of hydrogen-bond acceptors (Lipinski definition) is 4.